The minimum absolute atomic E-state index is 0.270. The van der Waals surface area contributed by atoms with Crippen LogP contribution in [0.1, 0.15) is 12.0 Å². The fraction of sp³-hybridized carbons (Fsp3) is 0.250. The number of hydrogen-bond acceptors (Lipinski definition) is 2. The van der Waals surface area contributed by atoms with Crippen LogP contribution in [0.3, 0.4) is 0 Å². The standard InChI is InChI=1S/C12H12BrFO3/c13-10-3-4-11(17-7-1-6-14)9(8-10)2-5-12(15)16/h2-5,8H,1,6-7H2,(H,15,16)/b5-2+. The molecule has 0 aliphatic carbocycles. The topological polar surface area (TPSA) is 46.5 Å². The Bertz CT molecular complexity index is 418. The number of rotatable bonds is 6. The molecule has 1 aromatic carbocycles. The molecule has 0 aromatic heterocycles. The van der Waals surface area contributed by atoms with E-state index in [-0.39, 0.29) is 6.61 Å². The van der Waals surface area contributed by atoms with Gasteiger partial charge in [0.05, 0.1) is 13.3 Å². The zero-order chi connectivity index (χ0) is 12.7. The highest BCUT2D eigenvalue weighted by atomic mass is 79.9. The summed E-state index contributed by atoms with van der Waals surface area (Å²) in [6, 6.07) is 5.23. The minimum Gasteiger partial charge on any atom is -0.493 e. The normalized spacial score (nSPS) is 10.7. The number of carboxylic acid groups (broad SMARTS) is 1. The SMILES string of the molecule is O=C(O)/C=C/c1cc(Br)ccc1OCCCF. The van der Waals surface area contributed by atoms with Crippen molar-refractivity contribution in [1.29, 1.82) is 0 Å². The van der Waals surface area contributed by atoms with E-state index in [1.165, 1.54) is 6.08 Å². The summed E-state index contributed by atoms with van der Waals surface area (Å²) in [6.07, 6.45) is 2.79. The molecule has 0 radical (unpaired) electrons. The summed E-state index contributed by atoms with van der Waals surface area (Å²) in [6.45, 7) is -0.164. The van der Waals surface area contributed by atoms with Crippen LogP contribution in [0, 0.1) is 0 Å². The quantitative estimate of drug-likeness (QED) is 0.648. The number of alkyl halides is 1. The van der Waals surface area contributed by atoms with Gasteiger partial charge in [0.15, 0.2) is 0 Å². The van der Waals surface area contributed by atoms with Gasteiger partial charge in [-0.05, 0) is 24.3 Å². The van der Waals surface area contributed by atoms with Crippen LogP contribution in [-0.4, -0.2) is 24.4 Å². The van der Waals surface area contributed by atoms with Gasteiger partial charge in [-0.1, -0.05) is 15.9 Å². The molecule has 0 saturated heterocycles. The smallest absolute Gasteiger partial charge is 0.328 e. The molecule has 0 unspecified atom stereocenters. The average Bonchev–Trinajstić information content (AvgIpc) is 2.29. The molecule has 5 heteroatoms. The van der Waals surface area contributed by atoms with E-state index in [4.69, 9.17) is 9.84 Å². The first-order valence-corrected chi connectivity index (χ1v) is 5.82. The third-order valence-electron chi connectivity index (χ3n) is 1.91. The molecular formula is C12H12BrFO3. The van der Waals surface area contributed by atoms with Gasteiger partial charge in [-0.3, -0.25) is 4.39 Å². The van der Waals surface area contributed by atoms with Gasteiger partial charge in [0.2, 0.25) is 0 Å². The second-order valence-corrected chi connectivity index (χ2v) is 4.16. The summed E-state index contributed by atoms with van der Waals surface area (Å²) >= 11 is 3.29. The molecule has 0 heterocycles. The van der Waals surface area contributed by atoms with Crippen molar-refractivity contribution in [3.8, 4) is 5.75 Å². The maximum atomic E-state index is 11.9. The number of ether oxygens (including phenoxy) is 1. The molecule has 92 valence electrons. The summed E-state index contributed by atoms with van der Waals surface area (Å²) in [5.41, 5.74) is 0.639. The van der Waals surface area contributed by atoms with Gasteiger partial charge in [0.25, 0.3) is 0 Å². The van der Waals surface area contributed by atoms with Gasteiger partial charge in [0.1, 0.15) is 5.75 Å². The molecule has 0 fully saturated rings. The predicted molar refractivity (Wildman–Crippen MR) is 66.9 cm³/mol. The number of carbonyl (C=O) groups is 1. The van der Waals surface area contributed by atoms with Crippen molar-refractivity contribution in [3.63, 3.8) is 0 Å². The fourth-order valence-electron chi connectivity index (χ4n) is 1.18. The molecule has 0 bridgehead atoms. The molecule has 1 rings (SSSR count). The molecule has 1 aromatic rings. The van der Waals surface area contributed by atoms with E-state index in [9.17, 15) is 9.18 Å². The Hall–Kier alpha value is -1.36. The lowest BCUT2D eigenvalue weighted by Crippen LogP contribution is -1.99. The number of halogens is 2. The molecule has 0 saturated carbocycles. The molecule has 0 spiro atoms. The van der Waals surface area contributed by atoms with Crippen LogP contribution in [0.4, 0.5) is 4.39 Å². The zero-order valence-electron chi connectivity index (χ0n) is 9.03. The first-order valence-electron chi connectivity index (χ1n) is 5.03. The van der Waals surface area contributed by atoms with E-state index in [0.717, 1.165) is 10.5 Å². The zero-order valence-corrected chi connectivity index (χ0v) is 10.6. The van der Waals surface area contributed by atoms with Crippen LogP contribution in [0.25, 0.3) is 6.08 Å². The van der Waals surface area contributed by atoms with Crippen LogP contribution in [0.5, 0.6) is 5.75 Å². The van der Waals surface area contributed by atoms with Crippen molar-refractivity contribution in [2.75, 3.05) is 13.3 Å². The number of hydrogen-bond donors (Lipinski definition) is 1. The Balaban J connectivity index is 2.83. The van der Waals surface area contributed by atoms with E-state index in [1.807, 2.05) is 0 Å². The number of aliphatic carboxylic acids is 1. The second kappa shape index (κ2) is 7.06. The van der Waals surface area contributed by atoms with E-state index >= 15 is 0 Å². The van der Waals surface area contributed by atoms with Crippen LogP contribution in [-0.2, 0) is 4.79 Å². The van der Waals surface area contributed by atoms with Gasteiger partial charge >= 0.3 is 5.97 Å². The van der Waals surface area contributed by atoms with Crippen LogP contribution in [0.15, 0.2) is 28.7 Å². The molecule has 1 N–H and O–H groups in total. The maximum absolute atomic E-state index is 11.9. The molecule has 0 aliphatic rings. The van der Waals surface area contributed by atoms with Crippen molar-refractivity contribution >= 4 is 28.0 Å². The van der Waals surface area contributed by atoms with E-state index in [0.29, 0.717) is 17.7 Å². The summed E-state index contributed by atoms with van der Waals surface area (Å²) < 4.78 is 18.1. The van der Waals surface area contributed by atoms with E-state index in [1.54, 1.807) is 18.2 Å². The van der Waals surface area contributed by atoms with E-state index in [2.05, 4.69) is 15.9 Å². The van der Waals surface area contributed by atoms with Crippen molar-refractivity contribution in [2.24, 2.45) is 0 Å². The second-order valence-electron chi connectivity index (χ2n) is 3.24. The highest BCUT2D eigenvalue weighted by Gasteiger charge is 2.02. The van der Waals surface area contributed by atoms with Crippen molar-refractivity contribution in [1.82, 2.24) is 0 Å². The van der Waals surface area contributed by atoms with Gasteiger partial charge in [-0.2, -0.15) is 0 Å². The Labute approximate surface area is 107 Å². The first kappa shape index (κ1) is 13.7. The van der Waals surface area contributed by atoms with Crippen LogP contribution >= 0.6 is 15.9 Å². The first-order chi connectivity index (χ1) is 8.13. The molecule has 0 atom stereocenters. The molecule has 3 nitrogen and oxygen atoms in total. The van der Waals surface area contributed by atoms with Crippen molar-refractivity contribution in [2.45, 2.75) is 6.42 Å². The predicted octanol–water partition coefficient (Wildman–Crippen LogP) is 3.29. The Morgan fingerprint density at radius 1 is 1.53 bits per heavy atom. The van der Waals surface area contributed by atoms with Gasteiger partial charge in [-0.25, -0.2) is 4.79 Å². The highest BCUT2D eigenvalue weighted by molar-refractivity contribution is 9.10. The summed E-state index contributed by atoms with van der Waals surface area (Å²) in [5, 5.41) is 8.56. The van der Waals surface area contributed by atoms with Gasteiger partial charge in [0, 0.05) is 22.5 Å². The number of benzene rings is 1. The third kappa shape index (κ3) is 4.99. The maximum Gasteiger partial charge on any atom is 0.328 e. The largest absolute Gasteiger partial charge is 0.493 e. The van der Waals surface area contributed by atoms with Crippen LogP contribution in [0.2, 0.25) is 0 Å². The molecular weight excluding hydrogens is 291 g/mol. The lowest BCUT2D eigenvalue weighted by molar-refractivity contribution is -0.131. The average molecular weight is 303 g/mol. The van der Waals surface area contributed by atoms with Gasteiger partial charge < -0.3 is 9.84 Å². The summed E-state index contributed by atoms with van der Waals surface area (Å²) in [7, 11) is 0. The lowest BCUT2D eigenvalue weighted by Gasteiger charge is -2.08. The minimum atomic E-state index is -1.03. The Kier molecular flexibility index (Phi) is 5.69. The fourth-order valence-corrected chi connectivity index (χ4v) is 1.56. The van der Waals surface area contributed by atoms with Crippen LogP contribution < -0.4 is 4.74 Å². The van der Waals surface area contributed by atoms with E-state index < -0.39 is 12.6 Å². The van der Waals surface area contributed by atoms with Crippen molar-refractivity contribution in [3.05, 3.63) is 34.3 Å². The molecule has 0 aliphatic heterocycles. The summed E-state index contributed by atoms with van der Waals surface area (Å²) in [4.78, 5) is 10.4. The molecule has 0 amide bonds. The third-order valence-corrected chi connectivity index (χ3v) is 2.41. The lowest BCUT2D eigenvalue weighted by atomic mass is 10.2. The van der Waals surface area contributed by atoms with Crippen molar-refractivity contribution < 1.29 is 19.0 Å². The summed E-state index contributed by atoms with van der Waals surface area (Å²) in [5.74, 6) is -0.487. The number of carboxylic acids is 1. The molecule has 17 heavy (non-hydrogen) atoms. The Morgan fingerprint density at radius 3 is 2.94 bits per heavy atom. The highest BCUT2D eigenvalue weighted by Crippen LogP contribution is 2.24. The Morgan fingerprint density at radius 2 is 2.29 bits per heavy atom. The monoisotopic (exact) mass is 302 g/mol. The van der Waals surface area contributed by atoms with Gasteiger partial charge in [-0.15, -0.1) is 0 Å².